The van der Waals surface area contributed by atoms with Gasteiger partial charge in [0, 0.05) is 30.8 Å². The van der Waals surface area contributed by atoms with Crippen LogP contribution in [0.25, 0.3) is 0 Å². The van der Waals surface area contributed by atoms with Crippen molar-refractivity contribution < 1.29 is 18.0 Å². The van der Waals surface area contributed by atoms with Crippen LogP contribution in [0.2, 0.25) is 0 Å². The van der Waals surface area contributed by atoms with Crippen LogP contribution in [0.3, 0.4) is 0 Å². The largest absolute Gasteiger partial charge is 0.417 e. The van der Waals surface area contributed by atoms with Crippen LogP contribution < -0.4 is 16.4 Å². The first kappa shape index (κ1) is 17.2. The average Bonchev–Trinajstić information content (AvgIpc) is 2.37. The lowest BCUT2D eigenvalue weighted by molar-refractivity contribution is -0.137. The summed E-state index contributed by atoms with van der Waals surface area (Å²) in [7, 11) is 0. The van der Waals surface area contributed by atoms with Gasteiger partial charge < -0.3 is 16.4 Å². The summed E-state index contributed by atoms with van der Waals surface area (Å²) in [5.41, 5.74) is 4.66. The van der Waals surface area contributed by atoms with Crippen molar-refractivity contribution in [3.8, 4) is 0 Å². The molecule has 0 radical (unpaired) electrons. The predicted octanol–water partition coefficient (Wildman–Crippen LogP) is 2.28. The fraction of sp³-hybridized carbons (Fsp3) is 0.385. The third-order valence-corrected chi connectivity index (χ3v) is 2.87. The Hall–Kier alpha value is -1.83. The Kier molecular flexibility index (Phi) is 5.95. The Bertz CT molecular complexity index is 532. The summed E-state index contributed by atoms with van der Waals surface area (Å²) >= 11 is 4.65. The number of thiocarbonyl (C=S) groups is 1. The molecule has 4 nitrogen and oxygen atoms in total. The van der Waals surface area contributed by atoms with Crippen molar-refractivity contribution in [3.05, 3.63) is 29.3 Å². The van der Waals surface area contributed by atoms with E-state index in [1.165, 1.54) is 12.1 Å². The van der Waals surface area contributed by atoms with E-state index in [0.717, 1.165) is 6.07 Å². The van der Waals surface area contributed by atoms with E-state index in [2.05, 4.69) is 22.9 Å². The maximum Gasteiger partial charge on any atom is 0.417 e. The molecule has 0 aliphatic heterocycles. The fourth-order valence-corrected chi connectivity index (χ4v) is 1.88. The molecule has 0 saturated carbocycles. The number of benzene rings is 1. The highest BCUT2D eigenvalue weighted by molar-refractivity contribution is 7.80. The minimum Gasteiger partial charge on any atom is -0.389 e. The third-order valence-electron chi connectivity index (χ3n) is 2.65. The minimum absolute atomic E-state index is 0.133. The average molecular weight is 319 g/mol. The Morgan fingerprint density at radius 2 is 2.05 bits per heavy atom. The number of amides is 1. The molecule has 1 aromatic rings. The second kappa shape index (κ2) is 7.26. The summed E-state index contributed by atoms with van der Waals surface area (Å²) in [6.45, 7) is 2.63. The van der Waals surface area contributed by atoms with Crippen LogP contribution in [0.15, 0.2) is 18.2 Å². The van der Waals surface area contributed by atoms with E-state index >= 15 is 0 Å². The van der Waals surface area contributed by atoms with Gasteiger partial charge in [-0.15, -0.1) is 0 Å². The quantitative estimate of drug-likeness (QED) is 0.704. The van der Waals surface area contributed by atoms with Gasteiger partial charge in [-0.25, -0.2) is 0 Å². The second-order valence-electron chi connectivity index (χ2n) is 4.25. The zero-order valence-electron chi connectivity index (χ0n) is 11.4. The van der Waals surface area contributed by atoms with E-state index in [9.17, 15) is 18.0 Å². The topological polar surface area (TPSA) is 67.2 Å². The van der Waals surface area contributed by atoms with Gasteiger partial charge in [0.25, 0.3) is 0 Å². The second-order valence-corrected chi connectivity index (χ2v) is 4.69. The summed E-state index contributed by atoms with van der Waals surface area (Å²) in [4.78, 5) is 10.9. The number of rotatable bonds is 6. The lowest BCUT2D eigenvalue weighted by atomic mass is 10.1. The van der Waals surface area contributed by atoms with E-state index in [4.69, 9.17) is 5.73 Å². The van der Waals surface area contributed by atoms with Gasteiger partial charge in [0.05, 0.1) is 5.56 Å². The molecule has 0 spiro atoms. The first-order valence-electron chi connectivity index (χ1n) is 6.27. The van der Waals surface area contributed by atoms with Crippen molar-refractivity contribution >= 4 is 28.8 Å². The highest BCUT2D eigenvalue weighted by Crippen LogP contribution is 2.33. The van der Waals surface area contributed by atoms with Crippen molar-refractivity contribution in [3.63, 3.8) is 0 Å². The highest BCUT2D eigenvalue weighted by atomic mass is 32.1. The summed E-state index contributed by atoms with van der Waals surface area (Å²) in [5, 5.41) is 5.49. The SMILES string of the molecule is CCNC(=O)CCNc1ccc(C(F)(F)F)c(C(N)=S)c1. The number of hydrogen-bond acceptors (Lipinski definition) is 3. The van der Waals surface area contributed by atoms with Crippen LogP contribution in [0.1, 0.15) is 24.5 Å². The van der Waals surface area contributed by atoms with Gasteiger partial charge in [0.2, 0.25) is 5.91 Å². The molecule has 1 aromatic carbocycles. The van der Waals surface area contributed by atoms with Gasteiger partial charge in [-0.05, 0) is 25.1 Å². The summed E-state index contributed by atoms with van der Waals surface area (Å²) in [6, 6.07) is 3.44. The monoisotopic (exact) mass is 319 g/mol. The zero-order valence-corrected chi connectivity index (χ0v) is 12.2. The van der Waals surface area contributed by atoms with Gasteiger partial charge in [0.15, 0.2) is 0 Å². The van der Waals surface area contributed by atoms with E-state index < -0.39 is 11.7 Å². The van der Waals surface area contributed by atoms with Gasteiger partial charge in [-0.1, -0.05) is 12.2 Å². The minimum atomic E-state index is -4.52. The lowest BCUT2D eigenvalue weighted by Crippen LogP contribution is -2.25. The maximum absolute atomic E-state index is 12.8. The molecule has 0 aromatic heterocycles. The molecule has 0 saturated heterocycles. The van der Waals surface area contributed by atoms with Gasteiger partial charge in [0.1, 0.15) is 4.99 Å². The molecule has 4 N–H and O–H groups in total. The number of carbonyl (C=O) groups is 1. The summed E-state index contributed by atoms with van der Waals surface area (Å²) < 4.78 is 38.4. The van der Waals surface area contributed by atoms with Crippen LogP contribution in [0, 0.1) is 0 Å². The highest BCUT2D eigenvalue weighted by Gasteiger charge is 2.34. The molecular formula is C13H16F3N3OS. The summed E-state index contributed by atoms with van der Waals surface area (Å²) in [6.07, 6.45) is -4.30. The summed E-state index contributed by atoms with van der Waals surface area (Å²) in [5.74, 6) is -0.133. The van der Waals surface area contributed by atoms with Crippen LogP contribution in [-0.4, -0.2) is 24.0 Å². The first-order valence-corrected chi connectivity index (χ1v) is 6.68. The maximum atomic E-state index is 12.8. The molecule has 0 bridgehead atoms. The van der Waals surface area contributed by atoms with Gasteiger partial charge >= 0.3 is 6.18 Å². The first-order chi connectivity index (χ1) is 9.75. The number of halogens is 3. The predicted molar refractivity (Wildman–Crippen MR) is 79.1 cm³/mol. The molecule has 116 valence electrons. The van der Waals surface area contributed by atoms with Crippen LogP contribution >= 0.6 is 12.2 Å². The standard InChI is InChI=1S/C13H16F3N3OS/c1-2-18-11(20)5-6-19-8-3-4-10(13(14,15)16)9(7-8)12(17)21/h3-4,7,19H,2,5-6H2,1H3,(H2,17,21)(H,18,20). The fourth-order valence-electron chi connectivity index (χ4n) is 1.71. The number of carbonyl (C=O) groups excluding carboxylic acids is 1. The number of nitrogens with two attached hydrogens (primary N) is 1. The molecule has 0 aliphatic rings. The molecule has 0 fully saturated rings. The Morgan fingerprint density at radius 3 is 2.57 bits per heavy atom. The normalized spacial score (nSPS) is 11.0. The van der Waals surface area contributed by atoms with Crippen molar-refractivity contribution in [2.45, 2.75) is 19.5 Å². The molecule has 0 atom stereocenters. The molecule has 0 unspecified atom stereocenters. The Labute approximate surface area is 125 Å². The van der Waals surface area contributed by atoms with Crippen LogP contribution in [0.5, 0.6) is 0 Å². The number of alkyl halides is 3. The number of nitrogens with one attached hydrogen (secondary N) is 2. The van der Waals surface area contributed by atoms with E-state index in [-0.39, 0.29) is 22.9 Å². The van der Waals surface area contributed by atoms with Crippen molar-refractivity contribution in [1.82, 2.24) is 5.32 Å². The van der Waals surface area contributed by atoms with Crippen LogP contribution in [-0.2, 0) is 11.0 Å². The number of anilines is 1. The van der Waals surface area contributed by atoms with Gasteiger partial charge in [-0.2, -0.15) is 13.2 Å². The Balaban J connectivity index is 2.80. The van der Waals surface area contributed by atoms with Crippen molar-refractivity contribution in [2.24, 2.45) is 5.73 Å². The van der Waals surface area contributed by atoms with Gasteiger partial charge in [-0.3, -0.25) is 4.79 Å². The molecule has 1 amide bonds. The number of hydrogen-bond donors (Lipinski definition) is 3. The molecule has 8 heteroatoms. The smallest absolute Gasteiger partial charge is 0.389 e. The lowest BCUT2D eigenvalue weighted by Gasteiger charge is -2.14. The van der Waals surface area contributed by atoms with E-state index in [1.54, 1.807) is 6.92 Å². The van der Waals surface area contributed by atoms with Crippen molar-refractivity contribution in [1.29, 1.82) is 0 Å². The third kappa shape index (κ3) is 5.22. The van der Waals surface area contributed by atoms with Crippen molar-refractivity contribution in [2.75, 3.05) is 18.4 Å². The molecule has 0 aliphatic carbocycles. The van der Waals surface area contributed by atoms with E-state index in [0.29, 0.717) is 18.8 Å². The van der Waals surface area contributed by atoms with E-state index in [1.807, 2.05) is 0 Å². The molecular weight excluding hydrogens is 303 g/mol. The van der Waals surface area contributed by atoms with Crippen LogP contribution in [0.4, 0.5) is 18.9 Å². The Morgan fingerprint density at radius 1 is 1.38 bits per heavy atom. The molecule has 0 heterocycles. The zero-order chi connectivity index (χ0) is 16.0. The molecule has 21 heavy (non-hydrogen) atoms. The molecule has 1 rings (SSSR count).